The molecule has 5 rings (SSSR count). The van der Waals surface area contributed by atoms with Crippen LogP contribution < -0.4 is 5.73 Å². The molecule has 2 atom stereocenters. The number of amides is 1. The van der Waals surface area contributed by atoms with E-state index in [9.17, 15) is 9.18 Å². The zero-order chi connectivity index (χ0) is 23.9. The third kappa shape index (κ3) is 4.54. The van der Waals surface area contributed by atoms with Gasteiger partial charge in [0.2, 0.25) is 0 Å². The van der Waals surface area contributed by atoms with E-state index in [0.29, 0.717) is 35.9 Å². The van der Waals surface area contributed by atoms with E-state index in [-0.39, 0.29) is 24.3 Å². The highest BCUT2D eigenvalue weighted by atomic mass is 19.1. The minimum Gasteiger partial charge on any atom is -0.443 e. The molecular weight excluding hydrogens is 443 g/mol. The molecule has 0 aromatic carbocycles. The van der Waals surface area contributed by atoms with Crippen LogP contribution in [0, 0.1) is 0 Å². The monoisotopic (exact) mass is 472 g/mol. The molecular formula is C22H29FN8O3. The molecule has 2 aromatic rings. The lowest BCUT2D eigenvalue weighted by atomic mass is 10.0. The molecule has 0 spiro atoms. The van der Waals surface area contributed by atoms with Crippen molar-refractivity contribution in [2.24, 2.45) is 7.05 Å². The van der Waals surface area contributed by atoms with Crippen LogP contribution in [0.1, 0.15) is 50.0 Å². The summed E-state index contributed by atoms with van der Waals surface area (Å²) in [6.07, 6.45) is 7.54. The van der Waals surface area contributed by atoms with Gasteiger partial charge in [-0.2, -0.15) is 5.10 Å². The molecule has 2 unspecified atom stereocenters. The van der Waals surface area contributed by atoms with Gasteiger partial charge >= 0.3 is 6.09 Å². The molecule has 1 saturated heterocycles. The summed E-state index contributed by atoms with van der Waals surface area (Å²) in [5.41, 5.74) is 7.38. The standard InChI is InChI=1S/C22H29FN8O3/c1-22(7-8-22)34-21(32)30-9-5-16(6-10-30)31-19(24)15(12-25-31)13-33-18-4-3-14(11-17(18)23)20-26-27-28-29(20)2/h3-4,11-12,16-18H,5-10,13,24H2,1-2H3. The van der Waals surface area contributed by atoms with Crippen LogP contribution in [0.2, 0.25) is 0 Å². The number of alkyl halides is 1. The lowest BCUT2D eigenvalue weighted by Crippen LogP contribution is -2.41. The zero-order valence-electron chi connectivity index (χ0n) is 19.3. The molecule has 1 aliphatic heterocycles. The van der Waals surface area contributed by atoms with Crippen LogP contribution in [0.5, 0.6) is 0 Å². The molecule has 12 heteroatoms. The number of nitrogens with two attached hydrogens (primary N) is 1. The fraction of sp³-hybridized carbons (Fsp3) is 0.591. The quantitative estimate of drug-likeness (QED) is 0.678. The zero-order valence-corrected chi connectivity index (χ0v) is 19.3. The van der Waals surface area contributed by atoms with E-state index in [0.717, 1.165) is 25.7 Å². The van der Waals surface area contributed by atoms with Crippen molar-refractivity contribution < 1.29 is 18.7 Å². The third-order valence-electron chi connectivity index (χ3n) is 6.70. The smallest absolute Gasteiger partial charge is 0.410 e. The highest BCUT2D eigenvalue weighted by Crippen LogP contribution is 2.39. The molecule has 0 bridgehead atoms. The first-order valence-electron chi connectivity index (χ1n) is 11.5. The second-order valence-electron chi connectivity index (χ2n) is 9.36. The summed E-state index contributed by atoms with van der Waals surface area (Å²) in [5, 5.41) is 15.7. The number of nitrogen functional groups attached to an aromatic ring is 1. The van der Waals surface area contributed by atoms with Crippen molar-refractivity contribution in [1.29, 1.82) is 0 Å². The van der Waals surface area contributed by atoms with Gasteiger partial charge in [0.05, 0.1) is 18.8 Å². The normalized spacial score (nSPS) is 24.2. The van der Waals surface area contributed by atoms with E-state index in [2.05, 4.69) is 20.6 Å². The van der Waals surface area contributed by atoms with Crippen molar-refractivity contribution in [3.05, 3.63) is 35.8 Å². The van der Waals surface area contributed by atoms with Gasteiger partial charge in [-0.05, 0) is 49.1 Å². The van der Waals surface area contributed by atoms with Gasteiger partial charge in [-0.1, -0.05) is 12.2 Å². The average molecular weight is 473 g/mol. The van der Waals surface area contributed by atoms with Crippen molar-refractivity contribution in [3.63, 3.8) is 0 Å². The number of aromatic nitrogens is 6. The van der Waals surface area contributed by atoms with Crippen molar-refractivity contribution >= 4 is 17.5 Å². The Morgan fingerprint density at radius 1 is 1.32 bits per heavy atom. The van der Waals surface area contributed by atoms with E-state index in [4.69, 9.17) is 15.2 Å². The van der Waals surface area contributed by atoms with Crippen LogP contribution in [0.4, 0.5) is 15.0 Å². The minimum atomic E-state index is -1.34. The van der Waals surface area contributed by atoms with Crippen molar-refractivity contribution in [3.8, 4) is 0 Å². The Kier molecular flexibility index (Phi) is 5.84. The van der Waals surface area contributed by atoms with E-state index in [1.54, 1.807) is 35.0 Å². The number of halogens is 1. The summed E-state index contributed by atoms with van der Waals surface area (Å²) in [6.45, 7) is 3.29. The fourth-order valence-corrected chi connectivity index (χ4v) is 4.24. The lowest BCUT2D eigenvalue weighted by molar-refractivity contribution is 0.0326. The first-order chi connectivity index (χ1) is 16.3. The molecule has 11 nitrogen and oxygen atoms in total. The molecule has 3 aliphatic rings. The molecule has 182 valence electrons. The minimum absolute atomic E-state index is 0.0864. The number of carbonyl (C=O) groups is 1. The van der Waals surface area contributed by atoms with Crippen LogP contribution in [0.3, 0.4) is 0 Å². The summed E-state index contributed by atoms with van der Waals surface area (Å²) >= 11 is 0. The van der Waals surface area contributed by atoms with E-state index in [1.165, 1.54) is 10.8 Å². The highest BCUT2D eigenvalue weighted by Gasteiger charge is 2.43. The number of likely N-dealkylation sites (tertiary alicyclic amines) is 1. The predicted molar refractivity (Wildman–Crippen MR) is 120 cm³/mol. The number of carbonyl (C=O) groups excluding carboxylic acids is 1. The number of rotatable bonds is 6. The second-order valence-corrected chi connectivity index (χ2v) is 9.36. The molecule has 3 heterocycles. The Balaban J connectivity index is 1.14. The summed E-state index contributed by atoms with van der Waals surface area (Å²) in [5.74, 6) is 0.993. The maximum Gasteiger partial charge on any atom is 0.410 e. The SMILES string of the molecule is Cn1nnnc1C1=CC(F)C(OCc2cnn(C3CCN(C(=O)OC4(C)CC4)CC3)c2N)C=C1. The van der Waals surface area contributed by atoms with Gasteiger partial charge in [0, 0.05) is 31.3 Å². The number of tetrazole rings is 1. The fourth-order valence-electron chi connectivity index (χ4n) is 4.24. The van der Waals surface area contributed by atoms with Crippen molar-refractivity contribution in [2.75, 3.05) is 18.8 Å². The summed E-state index contributed by atoms with van der Waals surface area (Å²) in [7, 11) is 1.70. The molecule has 0 radical (unpaired) electrons. The Bertz CT molecular complexity index is 1110. The first kappa shape index (κ1) is 22.5. The maximum absolute atomic E-state index is 14.7. The highest BCUT2D eigenvalue weighted by molar-refractivity contribution is 5.71. The molecule has 2 aromatic heterocycles. The molecule has 1 saturated carbocycles. The number of allylic oxidation sites excluding steroid dienone is 2. The number of nitrogens with zero attached hydrogens (tertiary/aromatic N) is 7. The number of ether oxygens (including phenoxy) is 2. The Hall–Kier alpha value is -3.28. The molecule has 2 N–H and O–H groups in total. The topological polar surface area (TPSA) is 126 Å². The number of hydrogen-bond acceptors (Lipinski definition) is 8. The van der Waals surface area contributed by atoms with Gasteiger partial charge in [-0.25, -0.2) is 18.5 Å². The first-order valence-corrected chi connectivity index (χ1v) is 11.5. The van der Waals surface area contributed by atoms with E-state index >= 15 is 0 Å². The van der Waals surface area contributed by atoms with E-state index < -0.39 is 12.3 Å². The van der Waals surface area contributed by atoms with Crippen molar-refractivity contribution in [1.82, 2.24) is 34.9 Å². The van der Waals surface area contributed by atoms with E-state index in [1.807, 2.05) is 6.92 Å². The van der Waals surface area contributed by atoms with Gasteiger partial charge in [0.25, 0.3) is 0 Å². The largest absolute Gasteiger partial charge is 0.443 e. The lowest BCUT2D eigenvalue weighted by Gasteiger charge is -2.32. The predicted octanol–water partition coefficient (Wildman–Crippen LogP) is 2.19. The van der Waals surface area contributed by atoms with Crippen LogP contribution in [0.15, 0.2) is 24.4 Å². The molecule has 2 aliphatic carbocycles. The van der Waals surface area contributed by atoms with Gasteiger partial charge in [-0.15, -0.1) is 5.10 Å². The van der Waals surface area contributed by atoms with Crippen LogP contribution in [-0.4, -0.2) is 71.9 Å². The summed E-state index contributed by atoms with van der Waals surface area (Å²) in [6, 6.07) is 0.0864. The van der Waals surface area contributed by atoms with Gasteiger partial charge in [0.1, 0.15) is 23.7 Å². The van der Waals surface area contributed by atoms with Crippen LogP contribution in [-0.2, 0) is 23.1 Å². The van der Waals surface area contributed by atoms with Crippen LogP contribution >= 0.6 is 0 Å². The summed E-state index contributed by atoms with van der Waals surface area (Å²) in [4.78, 5) is 14.1. The van der Waals surface area contributed by atoms with Gasteiger partial charge < -0.3 is 20.1 Å². The summed E-state index contributed by atoms with van der Waals surface area (Å²) < 4.78 is 29.3. The average Bonchev–Trinajstić information content (AvgIpc) is 3.21. The van der Waals surface area contributed by atoms with Gasteiger partial charge in [-0.3, -0.25) is 0 Å². The molecule has 2 fully saturated rings. The van der Waals surface area contributed by atoms with Crippen molar-refractivity contribution in [2.45, 2.75) is 63.1 Å². The third-order valence-corrected chi connectivity index (χ3v) is 6.70. The molecule has 34 heavy (non-hydrogen) atoms. The second kappa shape index (κ2) is 8.82. The Labute approximate surface area is 196 Å². The number of piperidine rings is 1. The molecule has 1 amide bonds. The number of anilines is 1. The maximum atomic E-state index is 14.7. The van der Waals surface area contributed by atoms with Crippen LogP contribution in [0.25, 0.3) is 5.57 Å². The number of hydrogen-bond donors (Lipinski definition) is 1. The van der Waals surface area contributed by atoms with Gasteiger partial charge in [0.15, 0.2) is 5.82 Å². The Morgan fingerprint density at radius 2 is 2.09 bits per heavy atom. The Morgan fingerprint density at radius 3 is 2.74 bits per heavy atom. The number of aryl methyl sites for hydroxylation is 1.